The Morgan fingerprint density at radius 3 is 1.63 bits per heavy atom. The van der Waals surface area contributed by atoms with Crippen LogP contribution in [0.25, 0.3) is 55.3 Å². The maximum absolute atomic E-state index is 7.19. The first-order chi connectivity index (χ1) is 32.1. The van der Waals surface area contributed by atoms with Crippen molar-refractivity contribution in [2.24, 2.45) is 0 Å². The lowest BCUT2D eigenvalue weighted by Gasteiger charge is -2.35. The number of aryl methyl sites for hydroxylation is 1. The molecule has 12 rings (SSSR count). The lowest BCUT2D eigenvalue weighted by molar-refractivity contribution is 0.669. The van der Waals surface area contributed by atoms with E-state index < -0.39 is 5.41 Å². The van der Waals surface area contributed by atoms with E-state index in [2.05, 4.69) is 241 Å². The number of hydrogen-bond donors (Lipinski definition) is 1. The molecule has 9 aromatic carbocycles. The summed E-state index contributed by atoms with van der Waals surface area (Å²) in [7, 11) is 0. The minimum atomic E-state index is -0.724. The zero-order chi connectivity index (χ0) is 43.3. The molecular formula is C61H43N3O. The highest BCUT2D eigenvalue weighted by molar-refractivity contribution is 6.19. The van der Waals surface area contributed by atoms with Crippen LogP contribution in [0.3, 0.4) is 0 Å². The molecule has 0 aliphatic heterocycles. The molecule has 1 aliphatic rings. The molecule has 0 saturated carbocycles. The Hall–Kier alpha value is -8.47. The molecule has 65 heavy (non-hydrogen) atoms. The monoisotopic (exact) mass is 833 g/mol. The first-order valence-electron chi connectivity index (χ1n) is 22.2. The number of fused-ring (bicyclic) bond motifs is 7. The Labute approximate surface area is 378 Å². The van der Waals surface area contributed by atoms with E-state index >= 15 is 0 Å². The maximum atomic E-state index is 7.19. The second-order valence-electron chi connectivity index (χ2n) is 16.8. The summed E-state index contributed by atoms with van der Waals surface area (Å²) in [5.74, 6) is 0. The molecule has 0 atom stereocenters. The summed E-state index contributed by atoms with van der Waals surface area (Å²) in [6, 6.07) is 82.6. The quantitative estimate of drug-likeness (QED) is 0.157. The molecule has 0 fully saturated rings. The number of nitrogens with zero attached hydrogens (tertiary/aromatic N) is 2. The van der Waals surface area contributed by atoms with E-state index in [0.717, 1.165) is 78.3 Å². The highest BCUT2D eigenvalue weighted by Crippen LogP contribution is 2.61. The maximum Gasteiger partial charge on any atom is 0.145 e. The smallest absolute Gasteiger partial charge is 0.145 e. The van der Waals surface area contributed by atoms with Crippen LogP contribution in [0.2, 0.25) is 0 Å². The number of pyridine rings is 1. The second-order valence-corrected chi connectivity index (χ2v) is 16.8. The van der Waals surface area contributed by atoms with Crippen LogP contribution in [-0.4, -0.2) is 4.98 Å². The van der Waals surface area contributed by atoms with E-state index in [0.29, 0.717) is 0 Å². The molecule has 2 aromatic heterocycles. The summed E-state index contributed by atoms with van der Waals surface area (Å²) in [6.45, 7) is 2.04. The lowest BCUT2D eigenvalue weighted by atomic mass is 9.67. The molecule has 0 bridgehead atoms. The van der Waals surface area contributed by atoms with Crippen LogP contribution >= 0.6 is 0 Å². The molecule has 0 amide bonds. The SMILES string of the molecule is Cc1ccc(N(c2ccc(-c3ccccc3)cc2)c2cc3c(c4oc5ccccc5c24)-c2ccc(Nc4ccc(-c5ccccc5)cc4)cc2C3(c2ccccc2)c2ccccc2)cn1. The molecule has 2 heterocycles. The first kappa shape index (κ1) is 38.2. The second kappa shape index (κ2) is 15.7. The van der Waals surface area contributed by atoms with Crippen molar-refractivity contribution in [3.05, 3.63) is 265 Å². The normalized spacial score (nSPS) is 12.5. The molecule has 1 N–H and O–H groups in total. The Morgan fingerprint density at radius 2 is 1.02 bits per heavy atom. The molecule has 0 radical (unpaired) electrons. The number of hydrogen-bond acceptors (Lipinski definition) is 4. The minimum Gasteiger partial charge on any atom is -0.455 e. The van der Waals surface area contributed by atoms with Crippen molar-refractivity contribution in [3.63, 3.8) is 0 Å². The average molecular weight is 834 g/mol. The van der Waals surface area contributed by atoms with Gasteiger partial charge in [0.1, 0.15) is 11.2 Å². The summed E-state index contributed by atoms with van der Waals surface area (Å²) in [5, 5.41) is 5.90. The van der Waals surface area contributed by atoms with Crippen LogP contribution in [0.1, 0.15) is 27.9 Å². The van der Waals surface area contributed by atoms with Gasteiger partial charge in [-0.25, -0.2) is 0 Å². The van der Waals surface area contributed by atoms with E-state index in [1.165, 1.54) is 33.4 Å². The van der Waals surface area contributed by atoms with Crippen molar-refractivity contribution >= 4 is 50.4 Å². The lowest BCUT2D eigenvalue weighted by Crippen LogP contribution is -2.29. The number of nitrogens with one attached hydrogen (secondary N) is 1. The summed E-state index contributed by atoms with van der Waals surface area (Å²) in [4.78, 5) is 7.23. The van der Waals surface area contributed by atoms with Gasteiger partial charge in [0.2, 0.25) is 0 Å². The van der Waals surface area contributed by atoms with Crippen LogP contribution in [0.5, 0.6) is 0 Å². The van der Waals surface area contributed by atoms with E-state index in [9.17, 15) is 0 Å². The Balaban J connectivity index is 1.13. The van der Waals surface area contributed by atoms with E-state index in [1.54, 1.807) is 0 Å². The number of anilines is 5. The zero-order valence-corrected chi connectivity index (χ0v) is 35.8. The Kier molecular flexibility index (Phi) is 9.24. The number of para-hydroxylation sites is 1. The average Bonchev–Trinajstić information content (AvgIpc) is 3.90. The molecule has 11 aromatic rings. The first-order valence-corrected chi connectivity index (χ1v) is 22.2. The standard InChI is InChI=1S/C61H43N3O/c1-41-26-34-51(40-62-41)64(50-35-29-45(30-36-50)43-18-8-3-9-19-43)56-39-55-58(60-59(56)53-24-14-15-25-57(53)65-60)52-37-33-49(63-48-31-27-44(28-32-48)42-16-6-2-7-17-42)38-54(52)61(55,46-20-10-4-11-21-46)47-22-12-5-13-23-47/h2-40,63H,1H3. The molecule has 4 nitrogen and oxygen atoms in total. The van der Waals surface area contributed by atoms with Gasteiger partial charge in [0.25, 0.3) is 0 Å². The topological polar surface area (TPSA) is 41.3 Å². The van der Waals surface area contributed by atoms with Gasteiger partial charge in [-0.05, 0) is 118 Å². The molecule has 0 saturated heterocycles. The van der Waals surface area contributed by atoms with Crippen molar-refractivity contribution in [3.8, 4) is 33.4 Å². The number of benzene rings is 9. The van der Waals surface area contributed by atoms with Crippen LogP contribution in [0.15, 0.2) is 241 Å². The van der Waals surface area contributed by atoms with Gasteiger partial charge in [0, 0.05) is 33.7 Å². The van der Waals surface area contributed by atoms with Gasteiger partial charge in [0.05, 0.1) is 28.4 Å². The number of furan rings is 1. The third-order valence-corrected chi connectivity index (χ3v) is 13.0. The molecular weight excluding hydrogens is 791 g/mol. The number of aromatic nitrogens is 1. The summed E-state index contributed by atoms with van der Waals surface area (Å²) in [5.41, 5.74) is 18.6. The highest BCUT2D eigenvalue weighted by atomic mass is 16.3. The minimum absolute atomic E-state index is 0.724. The van der Waals surface area contributed by atoms with Crippen molar-refractivity contribution in [1.82, 2.24) is 4.98 Å². The van der Waals surface area contributed by atoms with E-state index in [-0.39, 0.29) is 0 Å². The van der Waals surface area contributed by atoms with Gasteiger partial charge in [-0.1, -0.05) is 170 Å². The fraction of sp³-hybridized carbons (Fsp3) is 0.0328. The van der Waals surface area contributed by atoms with Gasteiger partial charge in [-0.2, -0.15) is 0 Å². The predicted molar refractivity (Wildman–Crippen MR) is 269 cm³/mol. The van der Waals surface area contributed by atoms with E-state index in [1.807, 2.05) is 13.1 Å². The van der Waals surface area contributed by atoms with Crippen molar-refractivity contribution in [1.29, 1.82) is 0 Å². The largest absolute Gasteiger partial charge is 0.455 e. The van der Waals surface area contributed by atoms with Crippen LogP contribution in [0.4, 0.5) is 28.4 Å². The number of rotatable bonds is 9. The summed E-state index contributed by atoms with van der Waals surface area (Å²) in [6.07, 6.45) is 1.99. The Morgan fingerprint density at radius 1 is 0.477 bits per heavy atom. The fourth-order valence-corrected chi connectivity index (χ4v) is 10.1. The van der Waals surface area contributed by atoms with Crippen molar-refractivity contribution in [2.45, 2.75) is 12.3 Å². The molecule has 0 unspecified atom stereocenters. The van der Waals surface area contributed by atoms with Gasteiger partial charge >= 0.3 is 0 Å². The van der Waals surface area contributed by atoms with Gasteiger partial charge in [-0.15, -0.1) is 0 Å². The van der Waals surface area contributed by atoms with Gasteiger partial charge in [0.15, 0.2) is 0 Å². The van der Waals surface area contributed by atoms with E-state index in [4.69, 9.17) is 9.40 Å². The Bertz CT molecular complexity index is 3440. The molecule has 308 valence electrons. The third-order valence-electron chi connectivity index (χ3n) is 13.0. The fourth-order valence-electron chi connectivity index (χ4n) is 10.1. The van der Waals surface area contributed by atoms with Crippen LogP contribution in [0, 0.1) is 6.92 Å². The molecule has 1 aliphatic carbocycles. The zero-order valence-electron chi connectivity index (χ0n) is 35.8. The highest BCUT2D eigenvalue weighted by Gasteiger charge is 2.48. The van der Waals surface area contributed by atoms with Crippen molar-refractivity contribution < 1.29 is 4.42 Å². The summed E-state index contributed by atoms with van der Waals surface area (Å²) < 4.78 is 7.19. The van der Waals surface area contributed by atoms with Gasteiger partial charge in [-0.3, -0.25) is 4.98 Å². The third kappa shape index (κ3) is 6.41. The predicted octanol–water partition coefficient (Wildman–Crippen LogP) is 16.2. The summed E-state index contributed by atoms with van der Waals surface area (Å²) >= 11 is 0. The van der Waals surface area contributed by atoms with Crippen LogP contribution < -0.4 is 10.2 Å². The van der Waals surface area contributed by atoms with Crippen molar-refractivity contribution in [2.75, 3.05) is 10.2 Å². The molecule has 4 heteroatoms. The molecule has 0 spiro atoms. The van der Waals surface area contributed by atoms with Gasteiger partial charge < -0.3 is 14.6 Å². The van der Waals surface area contributed by atoms with Crippen LogP contribution in [-0.2, 0) is 5.41 Å².